The smallest absolute Gasteiger partial charge is 0.197 e. The van der Waals surface area contributed by atoms with Crippen LogP contribution in [0.3, 0.4) is 0 Å². The minimum absolute atomic E-state index is 0.509. The zero-order valence-corrected chi connectivity index (χ0v) is 9.44. The van der Waals surface area contributed by atoms with Crippen LogP contribution in [0.2, 0.25) is 0 Å². The maximum atomic E-state index is 5.81. The van der Waals surface area contributed by atoms with Crippen molar-refractivity contribution < 1.29 is 0 Å². The van der Waals surface area contributed by atoms with Crippen molar-refractivity contribution >= 4 is 12.2 Å². The van der Waals surface area contributed by atoms with Gasteiger partial charge in [0.15, 0.2) is 4.77 Å². The number of hydrogen-bond donors (Lipinski definition) is 2. The highest BCUT2D eigenvalue weighted by Gasteiger charge is 2.34. The van der Waals surface area contributed by atoms with Gasteiger partial charge in [-0.25, -0.2) is 4.98 Å². The maximum absolute atomic E-state index is 5.81. The lowest BCUT2D eigenvalue weighted by Gasteiger charge is -2.12. The molecule has 0 saturated heterocycles. The summed E-state index contributed by atoms with van der Waals surface area (Å²) in [6, 6.07) is 0. The summed E-state index contributed by atoms with van der Waals surface area (Å²) in [6.07, 6.45) is 4.79. The van der Waals surface area contributed by atoms with Gasteiger partial charge in [0.25, 0.3) is 0 Å². The second-order valence-electron chi connectivity index (χ2n) is 4.56. The topological polar surface area (TPSA) is 54.7 Å². The predicted molar refractivity (Wildman–Crippen MR) is 61.5 cm³/mol. The number of aryl methyl sites for hydroxylation is 1. The molecule has 2 aliphatic carbocycles. The van der Waals surface area contributed by atoms with Gasteiger partial charge in [0.2, 0.25) is 0 Å². The first kappa shape index (κ1) is 9.48. The predicted octanol–water partition coefficient (Wildman–Crippen LogP) is 2.01. The van der Waals surface area contributed by atoms with Crippen LogP contribution in [0.15, 0.2) is 0 Å². The molecule has 1 aromatic heterocycles. The number of aromatic nitrogens is 2. The van der Waals surface area contributed by atoms with E-state index >= 15 is 0 Å². The molecule has 1 saturated carbocycles. The van der Waals surface area contributed by atoms with E-state index in [4.69, 9.17) is 18.0 Å². The third-order valence-corrected chi connectivity index (χ3v) is 3.67. The van der Waals surface area contributed by atoms with Crippen molar-refractivity contribution in [2.75, 3.05) is 6.54 Å². The van der Waals surface area contributed by atoms with Gasteiger partial charge in [-0.05, 0) is 50.0 Å². The van der Waals surface area contributed by atoms with E-state index in [2.05, 4.69) is 9.97 Å². The van der Waals surface area contributed by atoms with Crippen LogP contribution in [-0.4, -0.2) is 16.5 Å². The molecule has 1 aromatic rings. The van der Waals surface area contributed by atoms with E-state index in [1.54, 1.807) is 0 Å². The van der Waals surface area contributed by atoms with Crippen molar-refractivity contribution in [1.29, 1.82) is 0 Å². The van der Waals surface area contributed by atoms with Crippen LogP contribution in [0.1, 0.15) is 48.0 Å². The van der Waals surface area contributed by atoms with Gasteiger partial charge in [-0.2, -0.15) is 0 Å². The Morgan fingerprint density at radius 2 is 2.20 bits per heavy atom. The fraction of sp³-hybridized carbons (Fsp3) is 0.636. The van der Waals surface area contributed by atoms with Crippen molar-refractivity contribution in [1.82, 2.24) is 9.97 Å². The lowest BCUT2D eigenvalue weighted by atomic mass is 9.99. The Kier molecular flexibility index (Phi) is 2.14. The molecular weight excluding hydrogens is 206 g/mol. The molecule has 4 heteroatoms. The van der Waals surface area contributed by atoms with Crippen molar-refractivity contribution in [2.24, 2.45) is 5.73 Å². The molecule has 0 radical (unpaired) electrons. The Morgan fingerprint density at radius 3 is 2.87 bits per heavy atom. The largest absolute Gasteiger partial charge is 0.334 e. The van der Waals surface area contributed by atoms with E-state index < -0.39 is 0 Å². The molecule has 0 amide bonds. The molecule has 0 aromatic carbocycles. The summed E-state index contributed by atoms with van der Waals surface area (Å²) in [6.45, 7) is 0.735. The molecule has 3 rings (SSSR count). The first-order chi connectivity index (χ1) is 7.29. The summed E-state index contributed by atoms with van der Waals surface area (Å²) >= 11 is 5.16. The SMILES string of the molecule is NCC1CCc2[nH]c(=S)nc(C3CC3)c21. The summed E-state index contributed by atoms with van der Waals surface area (Å²) in [5.74, 6) is 1.18. The first-order valence-corrected chi connectivity index (χ1v) is 6.03. The van der Waals surface area contributed by atoms with Gasteiger partial charge in [0, 0.05) is 17.5 Å². The molecule has 1 fully saturated rings. The molecule has 80 valence electrons. The van der Waals surface area contributed by atoms with Gasteiger partial charge in [-0.15, -0.1) is 0 Å². The van der Waals surface area contributed by atoms with Gasteiger partial charge in [-0.3, -0.25) is 0 Å². The van der Waals surface area contributed by atoms with Gasteiger partial charge >= 0.3 is 0 Å². The highest BCUT2D eigenvalue weighted by Crippen LogP contribution is 2.45. The molecular formula is C11H15N3S. The van der Waals surface area contributed by atoms with Crippen molar-refractivity contribution in [3.8, 4) is 0 Å². The lowest BCUT2D eigenvalue weighted by Crippen LogP contribution is -2.12. The van der Waals surface area contributed by atoms with Crippen LogP contribution in [0.25, 0.3) is 0 Å². The van der Waals surface area contributed by atoms with E-state index in [9.17, 15) is 0 Å². The van der Waals surface area contributed by atoms with Crippen LogP contribution in [0.4, 0.5) is 0 Å². The summed E-state index contributed by atoms with van der Waals surface area (Å²) < 4.78 is 0.647. The van der Waals surface area contributed by atoms with Gasteiger partial charge in [0.1, 0.15) is 0 Å². The molecule has 0 aliphatic heterocycles. The van der Waals surface area contributed by atoms with Gasteiger partial charge in [-0.1, -0.05) is 0 Å². The van der Waals surface area contributed by atoms with Crippen LogP contribution < -0.4 is 5.73 Å². The second-order valence-corrected chi connectivity index (χ2v) is 4.95. The molecule has 0 spiro atoms. The van der Waals surface area contributed by atoms with Crippen molar-refractivity contribution in [2.45, 2.75) is 37.5 Å². The monoisotopic (exact) mass is 221 g/mol. The van der Waals surface area contributed by atoms with Gasteiger partial charge < -0.3 is 10.7 Å². The van der Waals surface area contributed by atoms with E-state index in [-0.39, 0.29) is 0 Å². The molecule has 0 bridgehead atoms. The van der Waals surface area contributed by atoms with Crippen LogP contribution >= 0.6 is 12.2 Å². The second kappa shape index (κ2) is 3.39. The Bertz CT molecular complexity index is 448. The van der Waals surface area contributed by atoms with Gasteiger partial charge in [0.05, 0.1) is 5.69 Å². The highest BCUT2D eigenvalue weighted by atomic mass is 32.1. The average molecular weight is 221 g/mol. The van der Waals surface area contributed by atoms with Crippen molar-refractivity contribution in [3.05, 3.63) is 21.7 Å². The van der Waals surface area contributed by atoms with E-state index in [0.717, 1.165) is 19.4 Å². The van der Waals surface area contributed by atoms with Crippen molar-refractivity contribution in [3.63, 3.8) is 0 Å². The normalized spacial score (nSPS) is 24.2. The first-order valence-electron chi connectivity index (χ1n) is 5.62. The Morgan fingerprint density at radius 1 is 1.40 bits per heavy atom. The summed E-state index contributed by atoms with van der Waals surface area (Å²) in [5.41, 5.74) is 9.76. The van der Waals surface area contributed by atoms with E-state index in [0.29, 0.717) is 16.6 Å². The average Bonchev–Trinajstić information content (AvgIpc) is 2.98. The molecule has 1 heterocycles. The number of nitrogens with one attached hydrogen (secondary N) is 1. The Labute approximate surface area is 94.1 Å². The summed E-state index contributed by atoms with van der Waals surface area (Å²) in [4.78, 5) is 7.73. The van der Waals surface area contributed by atoms with Crippen LogP contribution in [0.5, 0.6) is 0 Å². The number of H-pyrrole nitrogens is 1. The molecule has 15 heavy (non-hydrogen) atoms. The maximum Gasteiger partial charge on any atom is 0.197 e. The zero-order chi connectivity index (χ0) is 10.4. The highest BCUT2D eigenvalue weighted by molar-refractivity contribution is 7.71. The number of fused-ring (bicyclic) bond motifs is 1. The van der Waals surface area contributed by atoms with Crippen LogP contribution in [0, 0.1) is 4.77 Å². The van der Waals surface area contributed by atoms with Crippen LogP contribution in [-0.2, 0) is 6.42 Å². The Balaban J connectivity index is 2.16. The molecule has 2 aliphatic rings. The lowest BCUT2D eigenvalue weighted by molar-refractivity contribution is 0.679. The number of rotatable bonds is 2. The molecule has 3 nitrogen and oxygen atoms in total. The minimum Gasteiger partial charge on any atom is -0.334 e. The molecule has 1 unspecified atom stereocenters. The molecule has 3 N–H and O–H groups in total. The number of hydrogen-bond acceptors (Lipinski definition) is 3. The number of nitrogens with two attached hydrogens (primary N) is 1. The van der Waals surface area contributed by atoms with E-state index in [1.165, 1.54) is 29.8 Å². The minimum atomic E-state index is 0.509. The third-order valence-electron chi connectivity index (χ3n) is 3.48. The summed E-state index contributed by atoms with van der Waals surface area (Å²) in [5, 5.41) is 0. The fourth-order valence-corrected chi connectivity index (χ4v) is 2.79. The zero-order valence-electron chi connectivity index (χ0n) is 8.62. The number of aromatic amines is 1. The van der Waals surface area contributed by atoms with E-state index in [1.807, 2.05) is 0 Å². The quantitative estimate of drug-likeness (QED) is 0.751. The third kappa shape index (κ3) is 1.52. The standard InChI is InChI=1S/C11H15N3S/c12-5-7-3-4-8-9(7)10(6-1-2-6)14-11(15)13-8/h6-7H,1-5,12H2,(H,13,14,15). The fourth-order valence-electron chi connectivity index (χ4n) is 2.57. The molecule has 1 atom stereocenters. The summed E-state index contributed by atoms with van der Waals surface area (Å²) in [7, 11) is 0. The Hall–Kier alpha value is -0.740. The number of nitrogens with zero attached hydrogens (tertiary/aromatic N) is 1.